The molecular weight excluding hydrogens is 276 g/mol. The zero-order valence-corrected chi connectivity index (χ0v) is 12.0. The monoisotopic (exact) mass is 300 g/mol. The molecule has 0 aromatic heterocycles. The van der Waals surface area contributed by atoms with E-state index < -0.39 is 0 Å². The van der Waals surface area contributed by atoms with Crippen molar-refractivity contribution in [3.63, 3.8) is 0 Å². The molecule has 4 rings (SSSR count). The second-order valence-corrected chi connectivity index (χ2v) is 5.56. The molecule has 0 radical (unpaired) electrons. The van der Waals surface area contributed by atoms with Gasteiger partial charge >= 0.3 is 0 Å². The van der Waals surface area contributed by atoms with Crippen LogP contribution >= 0.6 is 0 Å². The number of benzene rings is 4. The van der Waals surface area contributed by atoms with Gasteiger partial charge in [-0.25, -0.2) is 0 Å². The third kappa shape index (κ3) is 2.85. The van der Waals surface area contributed by atoms with Gasteiger partial charge in [-0.05, 0) is 45.7 Å². The minimum Gasteiger partial charge on any atom is -0.0776 e. The summed E-state index contributed by atoms with van der Waals surface area (Å²) in [6.07, 6.45) is 0. The Bertz CT molecular complexity index is 948. The molecule has 0 aliphatic carbocycles. The number of hydrogen-bond donors (Lipinski definition) is 0. The van der Waals surface area contributed by atoms with Crippen LogP contribution in [0, 0.1) is 6.92 Å². The van der Waals surface area contributed by atoms with Crippen LogP contribution in [-0.4, -0.2) is 0 Å². The first-order valence-electron chi connectivity index (χ1n) is 7.30. The van der Waals surface area contributed by atoms with Crippen LogP contribution in [-0.2, 0) is 0 Å². The van der Waals surface area contributed by atoms with Gasteiger partial charge in [-0.2, -0.15) is 0 Å². The fourth-order valence-corrected chi connectivity index (χ4v) is 3.11. The molecule has 0 unspecified atom stereocenters. The molecule has 4 aromatic rings. The summed E-state index contributed by atoms with van der Waals surface area (Å²) in [5, 5.41) is 5.27. The van der Waals surface area contributed by atoms with Crippen LogP contribution < -0.4 is 0 Å². The predicted octanol–water partition coefficient (Wildman–Crippen LogP) is 7.24. The third-order valence-electron chi connectivity index (χ3n) is 4.10. The Morgan fingerprint density at radius 1 is 0.565 bits per heavy atom. The van der Waals surface area contributed by atoms with Crippen molar-refractivity contribution in [3.8, 4) is 11.1 Å². The predicted molar refractivity (Wildman–Crippen MR) is 105 cm³/mol. The molecule has 0 fully saturated rings. The Morgan fingerprint density at radius 2 is 1.22 bits per heavy atom. The summed E-state index contributed by atoms with van der Waals surface area (Å²) in [5.74, 6) is 0. The van der Waals surface area contributed by atoms with Gasteiger partial charge in [0.1, 0.15) is 0 Å². The molecule has 0 aliphatic rings. The summed E-state index contributed by atoms with van der Waals surface area (Å²) in [6.45, 7) is 2.15. The van der Waals surface area contributed by atoms with Gasteiger partial charge in [0.05, 0.1) is 0 Å². The van der Waals surface area contributed by atoms with E-state index in [1.165, 1.54) is 38.2 Å². The van der Waals surface area contributed by atoms with Crippen LogP contribution in [0.1, 0.15) is 20.4 Å². The van der Waals surface area contributed by atoms with Gasteiger partial charge in [-0.15, -0.1) is 0 Å². The Morgan fingerprint density at radius 3 is 1.96 bits per heavy atom. The lowest BCUT2D eigenvalue weighted by atomic mass is 9.93. The van der Waals surface area contributed by atoms with Crippen LogP contribution in [0.25, 0.3) is 32.7 Å². The molecule has 116 valence electrons. The van der Waals surface area contributed by atoms with Gasteiger partial charge in [0, 0.05) is 0 Å². The van der Waals surface area contributed by atoms with E-state index in [1.54, 1.807) is 0 Å². The highest BCUT2D eigenvalue weighted by Gasteiger charge is 2.07. The van der Waals surface area contributed by atoms with Crippen molar-refractivity contribution < 1.29 is 0 Å². The number of rotatable bonds is 1. The first-order chi connectivity index (χ1) is 10.3. The molecule has 0 spiro atoms. The van der Waals surface area contributed by atoms with E-state index >= 15 is 0 Å². The Hall–Kier alpha value is -2.60. The van der Waals surface area contributed by atoms with Crippen molar-refractivity contribution in [2.45, 2.75) is 21.8 Å². The molecule has 0 nitrogen and oxygen atoms in total. The highest BCUT2D eigenvalue weighted by atomic mass is 14.1. The van der Waals surface area contributed by atoms with E-state index in [2.05, 4.69) is 85.8 Å². The fraction of sp³-hybridized carbons (Fsp3) is 0.130. The average molecular weight is 300 g/mol. The smallest absolute Gasteiger partial charge is 0.00989 e. The summed E-state index contributed by atoms with van der Waals surface area (Å²) in [5.41, 5.74) is 3.90. The molecular formula is C23H24. The van der Waals surface area contributed by atoms with E-state index in [0.717, 1.165) is 0 Å². The van der Waals surface area contributed by atoms with Crippen molar-refractivity contribution in [2.75, 3.05) is 0 Å². The largest absolute Gasteiger partial charge is 0.0776 e. The maximum absolute atomic E-state index is 2.31. The molecule has 0 heteroatoms. The highest BCUT2D eigenvalue weighted by molar-refractivity contribution is 6.13. The SMILES string of the molecule is C.C.Cc1cccc(-c2cc3ccccc3c3ccccc23)c1. The first-order valence-corrected chi connectivity index (χ1v) is 7.30. The van der Waals surface area contributed by atoms with Gasteiger partial charge in [0.2, 0.25) is 0 Å². The maximum atomic E-state index is 2.31. The van der Waals surface area contributed by atoms with E-state index in [9.17, 15) is 0 Å². The summed E-state index contributed by atoms with van der Waals surface area (Å²) in [6, 6.07) is 28.4. The van der Waals surface area contributed by atoms with Crippen LogP contribution in [0.5, 0.6) is 0 Å². The quantitative estimate of drug-likeness (QED) is 0.325. The standard InChI is InChI=1S/C21H16.2CH4/c1-15-7-6-9-16(13-15)21-14-17-8-2-3-10-18(17)19-11-4-5-12-20(19)21;;/h2-14H,1H3;2*1H4. The Balaban J connectivity index is 0.000000960. The van der Waals surface area contributed by atoms with Gasteiger partial charge in [-0.1, -0.05) is 93.2 Å². The molecule has 0 heterocycles. The lowest BCUT2D eigenvalue weighted by Gasteiger charge is -2.11. The number of hydrogen-bond acceptors (Lipinski definition) is 0. The number of fused-ring (bicyclic) bond motifs is 3. The summed E-state index contributed by atoms with van der Waals surface area (Å²) in [4.78, 5) is 0. The molecule has 0 saturated heterocycles. The molecule has 23 heavy (non-hydrogen) atoms. The molecule has 0 saturated carbocycles. The zero-order chi connectivity index (χ0) is 14.2. The van der Waals surface area contributed by atoms with Crippen LogP contribution in [0.2, 0.25) is 0 Å². The van der Waals surface area contributed by atoms with Crippen LogP contribution in [0.3, 0.4) is 0 Å². The molecule has 0 aliphatic heterocycles. The first kappa shape index (κ1) is 16.8. The van der Waals surface area contributed by atoms with Crippen molar-refractivity contribution in [3.05, 3.63) is 84.4 Å². The summed E-state index contributed by atoms with van der Waals surface area (Å²) >= 11 is 0. The normalized spacial score (nSPS) is 10.1. The van der Waals surface area contributed by atoms with Crippen LogP contribution in [0.15, 0.2) is 78.9 Å². The molecule has 0 bridgehead atoms. The Labute approximate surface area is 139 Å². The van der Waals surface area contributed by atoms with Gasteiger partial charge in [-0.3, -0.25) is 0 Å². The summed E-state index contributed by atoms with van der Waals surface area (Å²) in [7, 11) is 0. The van der Waals surface area contributed by atoms with E-state index in [4.69, 9.17) is 0 Å². The van der Waals surface area contributed by atoms with E-state index in [-0.39, 0.29) is 14.9 Å². The van der Waals surface area contributed by atoms with E-state index in [0.29, 0.717) is 0 Å². The maximum Gasteiger partial charge on any atom is -0.00989 e. The van der Waals surface area contributed by atoms with Crippen LogP contribution in [0.4, 0.5) is 0 Å². The minimum absolute atomic E-state index is 0. The lowest BCUT2D eigenvalue weighted by molar-refractivity contribution is 1.47. The molecule has 0 amide bonds. The van der Waals surface area contributed by atoms with E-state index in [1.807, 2.05) is 0 Å². The summed E-state index contributed by atoms with van der Waals surface area (Å²) < 4.78 is 0. The topological polar surface area (TPSA) is 0 Å². The van der Waals surface area contributed by atoms with Crippen molar-refractivity contribution in [1.82, 2.24) is 0 Å². The van der Waals surface area contributed by atoms with Crippen molar-refractivity contribution >= 4 is 21.5 Å². The molecule has 0 N–H and O–H groups in total. The third-order valence-corrected chi connectivity index (χ3v) is 4.10. The average Bonchev–Trinajstić information content (AvgIpc) is 2.54. The zero-order valence-electron chi connectivity index (χ0n) is 12.0. The Kier molecular flexibility index (Phi) is 4.86. The van der Waals surface area contributed by atoms with Crippen molar-refractivity contribution in [1.29, 1.82) is 0 Å². The second kappa shape index (κ2) is 6.66. The number of aryl methyl sites for hydroxylation is 1. The van der Waals surface area contributed by atoms with Crippen molar-refractivity contribution in [2.24, 2.45) is 0 Å². The minimum atomic E-state index is 0. The highest BCUT2D eigenvalue weighted by Crippen LogP contribution is 2.34. The van der Waals surface area contributed by atoms with Gasteiger partial charge in [0.25, 0.3) is 0 Å². The van der Waals surface area contributed by atoms with Gasteiger partial charge < -0.3 is 0 Å². The fourth-order valence-electron chi connectivity index (χ4n) is 3.11. The van der Waals surface area contributed by atoms with Gasteiger partial charge in [0.15, 0.2) is 0 Å². The lowest BCUT2D eigenvalue weighted by Crippen LogP contribution is -1.85. The molecule has 4 aromatic carbocycles. The molecule has 0 atom stereocenters. The second-order valence-electron chi connectivity index (χ2n) is 5.56.